The third-order valence-corrected chi connectivity index (χ3v) is 3.30. The Morgan fingerprint density at radius 2 is 2.14 bits per heavy atom. The molecule has 1 rings (SSSR count). The van der Waals surface area contributed by atoms with Crippen LogP contribution in [-0.2, 0) is 9.53 Å². The first-order valence-electron chi connectivity index (χ1n) is 5.41. The lowest BCUT2D eigenvalue weighted by molar-refractivity contribution is -0.139. The lowest BCUT2D eigenvalue weighted by Gasteiger charge is -2.27. The molecule has 0 aliphatic carbocycles. The number of rotatable bonds is 3. The summed E-state index contributed by atoms with van der Waals surface area (Å²) >= 11 is 0. The molecule has 3 atom stereocenters. The molecule has 3 heteroatoms. The van der Waals surface area contributed by atoms with Crippen molar-refractivity contribution in [1.29, 1.82) is 0 Å². The van der Waals surface area contributed by atoms with Crippen LogP contribution in [0, 0.1) is 5.92 Å². The van der Waals surface area contributed by atoms with E-state index in [0.717, 1.165) is 19.4 Å². The molecule has 0 N–H and O–H groups in total. The Bertz CT molecular complexity index is 205. The topological polar surface area (TPSA) is 29.5 Å². The standard InChI is InChI=1S/C11H21NO2/c1-8-6-5-7-12(8)11(13)9(2)10(3)14-4/h8-10H,5-7H2,1-4H3/t8-,9?,10?/m1/s1. The predicted octanol–water partition coefficient (Wildman–Crippen LogP) is 1.67. The van der Waals surface area contributed by atoms with Gasteiger partial charge >= 0.3 is 0 Å². The number of methoxy groups -OCH3 is 1. The highest BCUT2D eigenvalue weighted by Gasteiger charge is 2.30. The number of ether oxygens (including phenoxy) is 1. The minimum atomic E-state index is -0.0273. The Morgan fingerprint density at radius 1 is 1.50 bits per heavy atom. The molecule has 1 saturated heterocycles. The van der Waals surface area contributed by atoms with Crippen LogP contribution in [-0.4, -0.2) is 36.6 Å². The maximum absolute atomic E-state index is 12.0. The third kappa shape index (κ3) is 2.27. The van der Waals surface area contributed by atoms with Crippen LogP contribution in [0.5, 0.6) is 0 Å². The Labute approximate surface area is 86.4 Å². The molecule has 14 heavy (non-hydrogen) atoms. The molecule has 0 aromatic heterocycles. The van der Waals surface area contributed by atoms with Crippen molar-refractivity contribution in [1.82, 2.24) is 4.90 Å². The second-order valence-corrected chi connectivity index (χ2v) is 4.25. The van der Waals surface area contributed by atoms with Gasteiger partial charge in [-0.2, -0.15) is 0 Å². The molecular weight excluding hydrogens is 178 g/mol. The summed E-state index contributed by atoms with van der Waals surface area (Å²) in [6.07, 6.45) is 2.29. The molecule has 1 amide bonds. The molecule has 1 aliphatic rings. The van der Waals surface area contributed by atoms with E-state index < -0.39 is 0 Å². The fraction of sp³-hybridized carbons (Fsp3) is 0.909. The molecule has 0 radical (unpaired) electrons. The molecule has 0 aromatic rings. The molecule has 0 aromatic carbocycles. The largest absolute Gasteiger partial charge is 0.381 e. The van der Waals surface area contributed by atoms with Crippen molar-refractivity contribution in [3.63, 3.8) is 0 Å². The van der Waals surface area contributed by atoms with Crippen molar-refractivity contribution in [3.8, 4) is 0 Å². The van der Waals surface area contributed by atoms with Crippen molar-refractivity contribution in [2.45, 2.75) is 45.8 Å². The molecule has 0 bridgehead atoms. The number of amides is 1. The molecule has 1 heterocycles. The van der Waals surface area contributed by atoms with Crippen molar-refractivity contribution in [3.05, 3.63) is 0 Å². The predicted molar refractivity (Wildman–Crippen MR) is 56.0 cm³/mol. The van der Waals surface area contributed by atoms with Crippen LogP contribution in [0.2, 0.25) is 0 Å². The minimum absolute atomic E-state index is 0.00954. The summed E-state index contributed by atoms with van der Waals surface area (Å²) in [5, 5.41) is 0. The fourth-order valence-corrected chi connectivity index (χ4v) is 1.93. The Hall–Kier alpha value is -0.570. The highest BCUT2D eigenvalue weighted by Crippen LogP contribution is 2.20. The first-order chi connectivity index (χ1) is 6.57. The van der Waals surface area contributed by atoms with E-state index in [4.69, 9.17) is 4.74 Å². The summed E-state index contributed by atoms with van der Waals surface area (Å²) in [4.78, 5) is 14.0. The summed E-state index contributed by atoms with van der Waals surface area (Å²) in [7, 11) is 1.65. The van der Waals surface area contributed by atoms with E-state index in [-0.39, 0.29) is 17.9 Å². The van der Waals surface area contributed by atoms with E-state index in [1.165, 1.54) is 0 Å². The van der Waals surface area contributed by atoms with Crippen molar-refractivity contribution < 1.29 is 9.53 Å². The van der Waals surface area contributed by atoms with Crippen LogP contribution in [0.15, 0.2) is 0 Å². The Balaban J connectivity index is 2.55. The van der Waals surface area contributed by atoms with Crippen LogP contribution in [0.1, 0.15) is 33.6 Å². The summed E-state index contributed by atoms with van der Waals surface area (Å²) in [5.41, 5.74) is 0. The van der Waals surface area contributed by atoms with E-state index >= 15 is 0 Å². The van der Waals surface area contributed by atoms with Gasteiger partial charge in [-0.25, -0.2) is 0 Å². The molecule has 1 fully saturated rings. The van der Waals surface area contributed by atoms with Crippen LogP contribution >= 0.6 is 0 Å². The number of carbonyl (C=O) groups is 1. The van der Waals surface area contributed by atoms with Gasteiger partial charge in [-0.3, -0.25) is 4.79 Å². The van der Waals surface area contributed by atoms with E-state index in [9.17, 15) is 4.79 Å². The van der Waals surface area contributed by atoms with E-state index in [1.54, 1.807) is 7.11 Å². The smallest absolute Gasteiger partial charge is 0.228 e. The zero-order chi connectivity index (χ0) is 10.7. The van der Waals surface area contributed by atoms with Crippen LogP contribution in [0.4, 0.5) is 0 Å². The van der Waals surface area contributed by atoms with E-state index in [2.05, 4.69) is 6.92 Å². The summed E-state index contributed by atoms with van der Waals surface area (Å²) in [5.74, 6) is 0.213. The maximum Gasteiger partial charge on any atom is 0.228 e. The first-order valence-corrected chi connectivity index (χ1v) is 5.41. The number of likely N-dealkylation sites (tertiary alicyclic amines) is 1. The number of carbonyl (C=O) groups excluding carboxylic acids is 1. The Morgan fingerprint density at radius 3 is 2.57 bits per heavy atom. The Kier molecular flexibility index (Phi) is 3.93. The van der Waals surface area contributed by atoms with Gasteiger partial charge in [0.15, 0.2) is 0 Å². The SMILES string of the molecule is COC(C)C(C)C(=O)N1CCC[C@H]1C. The van der Waals surface area contributed by atoms with E-state index in [1.807, 2.05) is 18.7 Å². The molecule has 0 saturated carbocycles. The van der Waals surface area contributed by atoms with Gasteiger partial charge in [-0.15, -0.1) is 0 Å². The highest BCUT2D eigenvalue weighted by molar-refractivity contribution is 5.79. The van der Waals surface area contributed by atoms with Gasteiger partial charge in [0.2, 0.25) is 5.91 Å². The van der Waals surface area contributed by atoms with Crippen LogP contribution in [0.25, 0.3) is 0 Å². The zero-order valence-electron chi connectivity index (χ0n) is 9.62. The quantitative estimate of drug-likeness (QED) is 0.692. The van der Waals surface area contributed by atoms with Gasteiger partial charge in [0.1, 0.15) is 0 Å². The summed E-state index contributed by atoms with van der Waals surface area (Å²) in [6.45, 7) is 6.93. The fourth-order valence-electron chi connectivity index (χ4n) is 1.93. The van der Waals surface area contributed by atoms with Crippen molar-refractivity contribution >= 4 is 5.91 Å². The average Bonchev–Trinajstić information content (AvgIpc) is 2.61. The molecule has 3 nitrogen and oxygen atoms in total. The van der Waals surface area contributed by atoms with Gasteiger partial charge in [0.05, 0.1) is 12.0 Å². The lowest BCUT2D eigenvalue weighted by atomic mass is 10.0. The normalized spacial score (nSPS) is 26.3. The zero-order valence-corrected chi connectivity index (χ0v) is 9.62. The van der Waals surface area contributed by atoms with Gasteiger partial charge in [-0.1, -0.05) is 6.92 Å². The first kappa shape index (κ1) is 11.5. The average molecular weight is 199 g/mol. The molecule has 2 unspecified atom stereocenters. The second kappa shape index (κ2) is 4.78. The summed E-state index contributed by atoms with van der Waals surface area (Å²) in [6, 6.07) is 0.411. The molecule has 1 aliphatic heterocycles. The third-order valence-electron chi connectivity index (χ3n) is 3.30. The lowest BCUT2D eigenvalue weighted by Crippen LogP contribution is -2.41. The molecule has 0 spiro atoms. The van der Waals surface area contributed by atoms with Gasteiger partial charge in [-0.05, 0) is 26.7 Å². The second-order valence-electron chi connectivity index (χ2n) is 4.25. The van der Waals surface area contributed by atoms with Crippen molar-refractivity contribution in [2.24, 2.45) is 5.92 Å². The molecular formula is C11H21NO2. The monoisotopic (exact) mass is 199 g/mol. The van der Waals surface area contributed by atoms with E-state index in [0.29, 0.717) is 6.04 Å². The highest BCUT2D eigenvalue weighted by atomic mass is 16.5. The van der Waals surface area contributed by atoms with Crippen LogP contribution < -0.4 is 0 Å². The van der Waals surface area contributed by atoms with Gasteiger partial charge in [0.25, 0.3) is 0 Å². The number of hydrogen-bond donors (Lipinski definition) is 0. The number of nitrogens with zero attached hydrogens (tertiary/aromatic N) is 1. The van der Waals surface area contributed by atoms with Crippen LogP contribution in [0.3, 0.4) is 0 Å². The number of hydrogen-bond acceptors (Lipinski definition) is 2. The summed E-state index contributed by atoms with van der Waals surface area (Å²) < 4.78 is 5.18. The van der Waals surface area contributed by atoms with Crippen molar-refractivity contribution in [2.75, 3.05) is 13.7 Å². The maximum atomic E-state index is 12.0. The minimum Gasteiger partial charge on any atom is -0.381 e. The van der Waals surface area contributed by atoms with Gasteiger partial charge in [0, 0.05) is 19.7 Å². The molecule has 82 valence electrons. The van der Waals surface area contributed by atoms with Gasteiger partial charge < -0.3 is 9.64 Å².